The molecule has 0 spiro atoms. The maximum absolute atomic E-state index is 5.96. The van der Waals surface area contributed by atoms with E-state index in [4.69, 9.17) is 9.47 Å². The van der Waals surface area contributed by atoms with E-state index in [0.717, 1.165) is 29.9 Å². The van der Waals surface area contributed by atoms with Crippen molar-refractivity contribution < 1.29 is 9.47 Å². The first-order valence-corrected chi connectivity index (χ1v) is 7.41. The predicted molar refractivity (Wildman–Crippen MR) is 85.7 cm³/mol. The van der Waals surface area contributed by atoms with Crippen LogP contribution in [0.3, 0.4) is 0 Å². The van der Waals surface area contributed by atoms with Crippen LogP contribution >= 0.6 is 0 Å². The second kappa shape index (κ2) is 6.49. The highest BCUT2D eigenvalue weighted by atomic mass is 16.5. The molecule has 2 aromatic rings. The molecule has 2 heteroatoms. The molecule has 0 radical (unpaired) electrons. The number of fused-ring (bicyclic) bond motifs is 1. The van der Waals surface area contributed by atoms with E-state index >= 15 is 0 Å². The van der Waals surface area contributed by atoms with Gasteiger partial charge in [-0.1, -0.05) is 42.5 Å². The number of methoxy groups -OCH3 is 1. The van der Waals surface area contributed by atoms with Gasteiger partial charge < -0.3 is 9.47 Å². The molecule has 21 heavy (non-hydrogen) atoms. The van der Waals surface area contributed by atoms with E-state index in [1.807, 2.05) is 18.2 Å². The highest BCUT2D eigenvalue weighted by Crippen LogP contribution is 2.33. The van der Waals surface area contributed by atoms with Crippen molar-refractivity contribution in [3.05, 3.63) is 65.2 Å². The Hall–Kier alpha value is -2.22. The molecule has 0 fully saturated rings. The Balaban J connectivity index is 1.85. The molecule has 0 saturated carbocycles. The lowest BCUT2D eigenvalue weighted by atomic mass is 10.0. The first kappa shape index (κ1) is 13.7. The van der Waals surface area contributed by atoms with Gasteiger partial charge in [0.2, 0.25) is 0 Å². The third-order valence-corrected chi connectivity index (χ3v) is 3.78. The van der Waals surface area contributed by atoms with Crippen LogP contribution in [0.1, 0.15) is 29.5 Å². The summed E-state index contributed by atoms with van der Waals surface area (Å²) < 4.78 is 11.5. The minimum Gasteiger partial charge on any atom is -0.493 e. The van der Waals surface area contributed by atoms with Crippen LogP contribution in [0.25, 0.3) is 6.08 Å². The Morgan fingerprint density at radius 2 is 1.90 bits per heavy atom. The minimum absolute atomic E-state index is 0.555. The van der Waals surface area contributed by atoms with Crippen LogP contribution in [0.4, 0.5) is 0 Å². The number of hydrogen-bond acceptors (Lipinski definition) is 2. The van der Waals surface area contributed by atoms with E-state index in [0.29, 0.717) is 6.61 Å². The quantitative estimate of drug-likeness (QED) is 0.813. The summed E-state index contributed by atoms with van der Waals surface area (Å²) in [5, 5.41) is 0. The fraction of sp³-hybridized carbons (Fsp3) is 0.263. The van der Waals surface area contributed by atoms with E-state index in [1.54, 1.807) is 7.11 Å². The van der Waals surface area contributed by atoms with Gasteiger partial charge >= 0.3 is 0 Å². The maximum atomic E-state index is 5.96. The zero-order chi connectivity index (χ0) is 14.5. The molecule has 108 valence electrons. The topological polar surface area (TPSA) is 18.5 Å². The van der Waals surface area contributed by atoms with Gasteiger partial charge in [-0.05, 0) is 48.1 Å². The summed E-state index contributed by atoms with van der Waals surface area (Å²) in [4.78, 5) is 0. The van der Waals surface area contributed by atoms with Gasteiger partial charge in [-0.2, -0.15) is 0 Å². The van der Waals surface area contributed by atoms with Crippen molar-refractivity contribution in [2.75, 3.05) is 7.11 Å². The van der Waals surface area contributed by atoms with Crippen molar-refractivity contribution >= 4 is 6.08 Å². The van der Waals surface area contributed by atoms with Crippen molar-refractivity contribution in [2.45, 2.75) is 25.9 Å². The summed E-state index contributed by atoms with van der Waals surface area (Å²) in [7, 11) is 1.70. The molecule has 0 amide bonds. The molecule has 2 aromatic carbocycles. The van der Waals surface area contributed by atoms with Gasteiger partial charge in [-0.25, -0.2) is 0 Å². The van der Waals surface area contributed by atoms with Gasteiger partial charge in [0.25, 0.3) is 0 Å². The van der Waals surface area contributed by atoms with Crippen LogP contribution in [0.5, 0.6) is 11.5 Å². The summed E-state index contributed by atoms with van der Waals surface area (Å²) in [6.07, 6.45) is 7.85. The normalized spacial score (nSPS) is 13.4. The molecule has 0 N–H and O–H groups in total. The van der Waals surface area contributed by atoms with Gasteiger partial charge in [0.1, 0.15) is 6.61 Å². The van der Waals surface area contributed by atoms with Crippen LogP contribution in [0.15, 0.2) is 48.5 Å². The fourth-order valence-electron chi connectivity index (χ4n) is 2.62. The SMILES string of the molecule is COc1cc2c(cc1OCc1ccccc1)C=CCCC2. The summed E-state index contributed by atoms with van der Waals surface area (Å²) in [5.74, 6) is 1.63. The molecular formula is C19H20O2. The van der Waals surface area contributed by atoms with Gasteiger partial charge in [0, 0.05) is 0 Å². The van der Waals surface area contributed by atoms with Crippen LogP contribution < -0.4 is 9.47 Å². The molecule has 0 unspecified atom stereocenters. The Morgan fingerprint density at radius 1 is 1.05 bits per heavy atom. The van der Waals surface area contributed by atoms with Crippen molar-refractivity contribution in [2.24, 2.45) is 0 Å². The lowest BCUT2D eigenvalue weighted by Crippen LogP contribution is -1.99. The lowest BCUT2D eigenvalue weighted by molar-refractivity contribution is 0.284. The van der Waals surface area contributed by atoms with Gasteiger partial charge in [0.05, 0.1) is 7.11 Å². The molecule has 0 heterocycles. The molecule has 0 bridgehead atoms. The molecule has 0 atom stereocenters. The monoisotopic (exact) mass is 280 g/mol. The molecule has 2 nitrogen and oxygen atoms in total. The molecule has 0 saturated heterocycles. The molecule has 1 aliphatic carbocycles. The van der Waals surface area contributed by atoms with Gasteiger partial charge in [-0.15, -0.1) is 0 Å². The van der Waals surface area contributed by atoms with E-state index in [1.165, 1.54) is 17.5 Å². The number of ether oxygens (including phenoxy) is 2. The van der Waals surface area contributed by atoms with Crippen LogP contribution in [0.2, 0.25) is 0 Å². The lowest BCUT2D eigenvalue weighted by Gasteiger charge is -2.14. The average Bonchev–Trinajstić information content (AvgIpc) is 2.77. The smallest absolute Gasteiger partial charge is 0.162 e. The number of benzene rings is 2. The molecular weight excluding hydrogens is 260 g/mol. The Labute approximate surface area is 126 Å². The summed E-state index contributed by atoms with van der Waals surface area (Å²) >= 11 is 0. The first-order chi connectivity index (χ1) is 10.4. The number of aryl methyl sites for hydroxylation is 1. The van der Waals surface area contributed by atoms with E-state index in [-0.39, 0.29) is 0 Å². The highest BCUT2D eigenvalue weighted by Gasteiger charge is 2.12. The van der Waals surface area contributed by atoms with Crippen molar-refractivity contribution in [1.29, 1.82) is 0 Å². The Kier molecular flexibility index (Phi) is 4.25. The van der Waals surface area contributed by atoms with Crippen LogP contribution in [0, 0.1) is 0 Å². The molecule has 3 rings (SSSR count). The maximum Gasteiger partial charge on any atom is 0.162 e. The van der Waals surface area contributed by atoms with Crippen LogP contribution in [-0.2, 0) is 13.0 Å². The minimum atomic E-state index is 0.555. The second-order valence-electron chi connectivity index (χ2n) is 5.27. The Morgan fingerprint density at radius 3 is 2.71 bits per heavy atom. The van der Waals surface area contributed by atoms with Crippen LogP contribution in [-0.4, -0.2) is 7.11 Å². The molecule has 1 aliphatic rings. The van der Waals surface area contributed by atoms with Crippen molar-refractivity contribution in [1.82, 2.24) is 0 Å². The molecule has 0 aliphatic heterocycles. The summed E-state index contributed by atoms with van der Waals surface area (Å²) in [6.45, 7) is 0.555. The van der Waals surface area contributed by atoms with E-state index in [9.17, 15) is 0 Å². The van der Waals surface area contributed by atoms with Crippen molar-refractivity contribution in [3.63, 3.8) is 0 Å². The number of rotatable bonds is 4. The van der Waals surface area contributed by atoms with Gasteiger partial charge in [0.15, 0.2) is 11.5 Å². The highest BCUT2D eigenvalue weighted by molar-refractivity contribution is 5.61. The standard InChI is InChI=1S/C19H20O2/c1-20-18-12-16-10-6-3-7-11-17(16)13-19(18)21-14-15-8-4-2-5-9-15/h2,4-5,7-9,11-13H,3,6,10,14H2,1H3. The third kappa shape index (κ3) is 3.27. The zero-order valence-corrected chi connectivity index (χ0v) is 12.3. The second-order valence-corrected chi connectivity index (χ2v) is 5.27. The third-order valence-electron chi connectivity index (χ3n) is 3.78. The van der Waals surface area contributed by atoms with E-state index < -0.39 is 0 Å². The summed E-state index contributed by atoms with van der Waals surface area (Å²) in [5.41, 5.74) is 3.74. The van der Waals surface area contributed by atoms with Gasteiger partial charge in [-0.3, -0.25) is 0 Å². The summed E-state index contributed by atoms with van der Waals surface area (Å²) in [6, 6.07) is 14.4. The Bertz CT molecular complexity index is 630. The molecule has 0 aromatic heterocycles. The fourth-order valence-corrected chi connectivity index (χ4v) is 2.62. The van der Waals surface area contributed by atoms with Crippen molar-refractivity contribution in [3.8, 4) is 11.5 Å². The largest absolute Gasteiger partial charge is 0.493 e. The van der Waals surface area contributed by atoms with E-state index in [2.05, 4.69) is 36.4 Å². The average molecular weight is 280 g/mol. The number of hydrogen-bond donors (Lipinski definition) is 0. The predicted octanol–water partition coefficient (Wildman–Crippen LogP) is 4.62. The number of allylic oxidation sites excluding steroid dienone is 1. The first-order valence-electron chi connectivity index (χ1n) is 7.41. The zero-order valence-electron chi connectivity index (χ0n) is 12.3.